The molecule has 0 saturated carbocycles. The number of rotatable bonds is 4. The van der Waals surface area contributed by atoms with E-state index in [1.807, 2.05) is 6.07 Å². The predicted molar refractivity (Wildman–Crippen MR) is 77.7 cm³/mol. The third-order valence-corrected chi connectivity index (χ3v) is 5.02. The number of hydrogen-bond acceptors (Lipinski definition) is 4. The molecule has 104 valence electrons. The lowest BCUT2D eigenvalue weighted by Gasteiger charge is -2.04. The molecule has 0 radical (unpaired) electrons. The van der Waals surface area contributed by atoms with Crippen LogP contribution in [0.25, 0.3) is 10.2 Å². The Morgan fingerprint density at radius 3 is 3.05 bits per heavy atom. The summed E-state index contributed by atoms with van der Waals surface area (Å²) in [5.41, 5.74) is 0.821. The molecule has 0 saturated heterocycles. The molecule has 1 aromatic carbocycles. The molecule has 2 aromatic heterocycles. The summed E-state index contributed by atoms with van der Waals surface area (Å²) in [5.74, 6) is 0.688. The van der Waals surface area contributed by atoms with E-state index in [4.69, 9.17) is 11.6 Å². The Morgan fingerprint density at radius 2 is 2.25 bits per heavy atom. The van der Waals surface area contributed by atoms with Gasteiger partial charge in [0.2, 0.25) is 0 Å². The van der Waals surface area contributed by atoms with E-state index in [-0.39, 0.29) is 0 Å². The molecule has 3 rings (SSSR count). The first-order valence-corrected chi connectivity index (χ1v) is 7.80. The zero-order chi connectivity index (χ0) is 14.1. The van der Waals surface area contributed by atoms with Gasteiger partial charge in [0.1, 0.15) is 5.82 Å². The minimum absolute atomic E-state index is 0.335. The SMILES string of the molecule is FC(F)n1ccnc1CSc1nc2cc(Cl)ccc2s1. The lowest BCUT2D eigenvalue weighted by Crippen LogP contribution is -2.01. The number of fused-ring (bicyclic) bond motifs is 1. The number of alkyl halides is 2. The molecule has 0 fully saturated rings. The topological polar surface area (TPSA) is 30.7 Å². The van der Waals surface area contributed by atoms with Crippen molar-refractivity contribution in [1.29, 1.82) is 0 Å². The fourth-order valence-corrected chi connectivity index (χ4v) is 3.87. The Bertz CT molecular complexity index is 741. The molecule has 0 bridgehead atoms. The highest BCUT2D eigenvalue weighted by atomic mass is 35.5. The summed E-state index contributed by atoms with van der Waals surface area (Å²) < 4.78 is 28.1. The summed E-state index contributed by atoms with van der Waals surface area (Å²) >= 11 is 8.80. The van der Waals surface area contributed by atoms with Gasteiger partial charge in [-0.15, -0.1) is 11.3 Å². The van der Waals surface area contributed by atoms with Crippen molar-refractivity contribution in [2.45, 2.75) is 16.6 Å². The van der Waals surface area contributed by atoms with Gasteiger partial charge in [-0.3, -0.25) is 4.57 Å². The van der Waals surface area contributed by atoms with Crippen LogP contribution in [-0.2, 0) is 5.75 Å². The molecule has 0 atom stereocenters. The van der Waals surface area contributed by atoms with Crippen molar-refractivity contribution >= 4 is 44.9 Å². The molecule has 20 heavy (non-hydrogen) atoms. The lowest BCUT2D eigenvalue weighted by molar-refractivity contribution is 0.0678. The third kappa shape index (κ3) is 2.79. The summed E-state index contributed by atoms with van der Waals surface area (Å²) in [6, 6.07) is 5.50. The van der Waals surface area contributed by atoms with Gasteiger partial charge in [0, 0.05) is 17.4 Å². The molecule has 0 amide bonds. The molecule has 0 spiro atoms. The van der Waals surface area contributed by atoms with E-state index in [9.17, 15) is 8.78 Å². The number of halogens is 3. The largest absolute Gasteiger partial charge is 0.319 e. The van der Waals surface area contributed by atoms with E-state index < -0.39 is 6.55 Å². The number of benzene rings is 1. The quantitative estimate of drug-likeness (QED) is 0.641. The minimum Gasteiger partial charge on any atom is -0.277 e. The maximum atomic E-state index is 12.7. The fourth-order valence-electron chi connectivity index (χ4n) is 1.70. The Labute approximate surface area is 126 Å². The van der Waals surface area contributed by atoms with E-state index in [1.165, 1.54) is 35.5 Å². The van der Waals surface area contributed by atoms with Gasteiger partial charge < -0.3 is 0 Å². The van der Waals surface area contributed by atoms with Gasteiger partial charge in [-0.2, -0.15) is 8.78 Å². The van der Waals surface area contributed by atoms with Crippen molar-refractivity contribution in [1.82, 2.24) is 14.5 Å². The summed E-state index contributed by atoms with van der Waals surface area (Å²) in [4.78, 5) is 8.36. The number of hydrogen-bond donors (Lipinski definition) is 0. The van der Waals surface area contributed by atoms with Crippen LogP contribution in [0.15, 0.2) is 34.9 Å². The van der Waals surface area contributed by atoms with Crippen LogP contribution < -0.4 is 0 Å². The highest BCUT2D eigenvalue weighted by Gasteiger charge is 2.12. The Morgan fingerprint density at radius 1 is 1.40 bits per heavy atom. The molecule has 3 aromatic rings. The first-order chi connectivity index (χ1) is 9.63. The Hall–Kier alpha value is -1.18. The zero-order valence-corrected chi connectivity index (χ0v) is 12.4. The van der Waals surface area contributed by atoms with E-state index in [2.05, 4.69) is 9.97 Å². The van der Waals surface area contributed by atoms with Crippen molar-refractivity contribution in [3.63, 3.8) is 0 Å². The highest BCUT2D eigenvalue weighted by Crippen LogP contribution is 2.32. The van der Waals surface area contributed by atoms with Crippen molar-refractivity contribution < 1.29 is 8.78 Å². The van der Waals surface area contributed by atoms with Crippen LogP contribution in [0, 0.1) is 0 Å². The normalized spacial score (nSPS) is 11.6. The Kier molecular flexibility index (Phi) is 3.91. The van der Waals surface area contributed by atoms with E-state index in [0.717, 1.165) is 19.1 Å². The predicted octanol–water partition coefficient (Wildman–Crippen LogP) is 4.83. The molecule has 0 unspecified atom stereocenters. The molecular weight excluding hydrogens is 324 g/mol. The second kappa shape index (κ2) is 5.67. The summed E-state index contributed by atoms with van der Waals surface area (Å²) in [7, 11) is 0. The molecule has 2 heterocycles. The average Bonchev–Trinajstić information content (AvgIpc) is 3.01. The molecule has 0 aliphatic rings. The maximum Gasteiger partial charge on any atom is 0.319 e. The van der Waals surface area contributed by atoms with E-state index >= 15 is 0 Å². The van der Waals surface area contributed by atoms with Gasteiger partial charge in [0.05, 0.1) is 16.0 Å². The Balaban J connectivity index is 1.78. The van der Waals surface area contributed by atoms with Gasteiger partial charge in [0.25, 0.3) is 0 Å². The molecule has 3 nitrogen and oxygen atoms in total. The molecule has 0 aliphatic heterocycles. The van der Waals surface area contributed by atoms with Gasteiger partial charge in [0.15, 0.2) is 4.34 Å². The number of imidazole rings is 1. The second-order valence-corrected chi connectivity index (χ2v) is 6.60. The van der Waals surface area contributed by atoms with Crippen molar-refractivity contribution in [3.05, 3.63) is 41.4 Å². The second-order valence-electron chi connectivity index (χ2n) is 3.91. The van der Waals surface area contributed by atoms with E-state index in [1.54, 1.807) is 12.1 Å². The van der Waals surface area contributed by atoms with Crippen LogP contribution in [0.3, 0.4) is 0 Å². The smallest absolute Gasteiger partial charge is 0.277 e. The van der Waals surface area contributed by atoms with E-state index in [0.29, 0.717) is 16.6 Å². The monoisotopic (exact) mass is 331 g/mol. The summed E-state index contributed by atoms with van der Waals surface area (Å²) in [5, 5.41) is 0.632. The van der Waals surface area contributed by atoms with Gasteiger partial charge in [-0.05, 0) is 18.2 Å². The van der Waals surface area contributed by atoms with Crippen LogP contribution in [-0.4, -0.2) is 14.5 Å². The van der Waals surface area contributed by atoms with Crippen LogP contribution in [0.1, 0.15) is 12.4 Å². The number of thioether (sulfide) groups is 1. The van der Waals surface area contributed by atoms with Crippen LogP contribution in [0.5, 0.6) is 0 Å². The average molecular weight is 332 g/mol. The fraction of sp³-hybridized carbons (Fsp3) is 0.167. The first kappa shape index (κ1) is 13.8. The standard InChI is InChI=1S/C12H8ClF2N3S2/c13-7-1-2-9-8(5-7)17-12(20-9)19-6-10-16-3-4-18(10)11(14)15/h1-5,11H,6H2. The number of nitrogens with zero attached hydrogens (tertiary/aromatic N) is 3. The number of aromatic nitrogens is 3. The summed E-state index contributed by atoms with van der Waals surface area (Å²) in [6.07, 6.45) is 2.65. The molecule has 0 N–H and O–H groups in total. The first-order valence-electron chi connectivity index (χ1n) is 5.62. The van der Waals surface area contributed by atoms with Crippen LogP contribution in [0.4, 0.5) is 8.78 Å². The van der Waals surface area contributed by atoms with Crippen molar-refractivity contribution in [2.75, 3.05) is 0 Å². The van der Waals surface area contributed by atoms with Gasteiger partial charge in [-0.25, -0.2) is 9.97 Å². The molecule has 8 heteroatoms. The van der Waals surface area contributed by atoms with Crippen LogP contribution in [0.2, 0.25) is 5.02 Å². The zero-order valence-electron chi connectivity index (χ0n) is 9.96. The summed E-state index contributed by atoms with van der Waals surface area (Å²) in [6.45, 7) is -2.57. The molecular formula is C12H8ClF2N3S2. The minimum atomic E-state index is -2.57. The third-order valence-electron chi connectivity index (χ3n) is 2.61. The highest BCUT2D eigenvalue weighted by molar-refractivity contribution is 8.00. The van der Waals surface area contributed by atoms with Crippen molar-refractivity contribution in [2.24, 2.45) is 0 Å². The van der Waals surface area contributed by atoms with Gasteiger partial charge in [-0.1, -0.05) is 23.4 Å². The lowest BCUT2D eigenvalue weighted by atomic mass is 10.3. The van der Waals surface area contributed by atoms with Crippen molar-refractivity contribution in [3.8, 4) is 0 Å². The van der Waals surface area contributed by atoms with Crippen LogP contribution >= 0.6 is 34.7 Å². The molecule has 0 aliphatic carbocycles. The maximum absolute atomic E-state index is 12.7. The number of thiazole rings is 1. The van der Waals surface area contributed by atoms with Gasteiger partial charge >= 0.3 is 6.55 Å².